The van der Waals surface area contributed by atoms with Crippen LogP contribution < -0.4 is 5.32 Å². The smallest absolute Gasteiger partial charge is 0.337 e. The number of carbonyl (C=O) groups excluding carboxylic acids is 2. The molecule has 0 saturated carbocycles. The first-order valence-electron chi connectivity index (χ1n) is 6.51. The second-order valence-electron chi connectivity index (χ2n) is 4.44. The van der Waals surface area contributed by atoms with E-state index in [-0.39, 0.29) is 5.91 Å². The summed E-state index contributed by atoms with van der Waals surface area (Å²) in [5, 5.41) is 2.72. The largest absolute Gasteiger partial charge is 0.465 e. The minimum atomic E-state index is -0.409. The summed E-state index contributed by atoms with van der Waals surface area (Å²) in [5.41, 5.74) is 1.98. The molecule has 5 heteroatoms. The Kier molecular flexibility index (Phi) is 5.49. The van der Waals surface area contributed by atoms with E-state index in [9.17, 15) is 9.59 Å². The van der Waals surface area contributed by atoms with Gasteiger partial charge in [-0.3, -0.25) is 4.79 Å². The monoisotopic (exact) mass is 359 g/mol. The molecule has 2 aromatic carbocycles. The Morgan fingerprint density at radius 2 is 1.68 bits per heavy atom. The first-order valence-corrected chi connectivity index (χ1v) is 7.31. The predicted octanol–water partition coefficient (Wildman–Crippen LogP) is 3.89. The van der Waals surface area contributed by atoms with Crippen LogP contribution in [0, 0.1) is 0 Å². The standard InChI is InChI=1S/C17H14BrNO3/c1-22-17(21)13-5-9-15(10-6-13)19-16(20)11-4-12-2-7-14(18)8-3-12/h2-11H,1H3,(H,19,20)/b11-4+. The molecular formula is C17H14BrNO3. The number of rotatable bonds is 4. The third-order valence-electron chi connectivity index (χ3n) is 2.87. The van der Waals surface area contributed by atoms with Crippen LogP contribution in [0.5, 0.6) is 0 Å². The maximum Gasteiger partial charge on any atom is 0.337 e. The summed E-state index contributed by atoms with van der Waals surface area (Å²) in [6.07, 6.45) is 3.18. The van der Waals surface area contributed by atoms with Gasteiger partial charge in [-0.2, -0.15) is 0 Å². The van der Waals surface area contributed by atoms with Crippen LogP contribution in [0.2, 0.25) is 0 Å². The lowest BCUT2D eigenvalue weighted by Gasteiger charge is -2.03. The molecule has 0 radical (unpaired) electrons. The lowest BCUT2D eigenvalue weighted by Crippen LogP contribution is -2.08. The van der Waals surface area contributed by atoms with Crippen LogP contribution in [-0.4, -0.2) is 19.0 Å². The van der Waals surface area contributed by atoms with Crippen molar-refractivity contribution in [2.45, 2.75) is 0 Å². The van der Waals surface area contributed by atoms with Crippen LogP contribution in [0.1, 0.15) is 15.9 Å². The topological polar surface area (TPSA) is 55.4 Å². The normalized spacial score (nSPS) is 10.5. The third-order valence-corrected chi connectivity index (χ3v) is 3.40. The highest BCUT2D eigenvalue weighted by Crippen LogP contribution is 2.13. The number of anilines is 1. The number of esters is 1. The maximum atomic E-state index is 11.8. The third kappa shape index (κ3) is 4.56. The van der Waals surface area contributed by atoms with Gasteiger partial charge in [0.15, 0.2) is 0 Å². The highest BCUT2D eigenvalue weighted by molar-refractivity contribution is 9.10. The van der Waals surface area contributed by atoms with Gasteiger partial charge in [0, 0.05) is 16.2 Å². The van der Waals surface area contributed by atoms with Crippen molar-refractivity contribution in [1.29, 1.82) is 0 Å². The minimum Gasteiger partial charge on any atom is -0.465 e. The van der Waals surface area contributed by atoms with E-state index in [2.05, 4.69) is 26.0 Å². The van der Waals surface area contributed by atoms with E-state index >= 15 is 0 Å². The van der Waals surface area contributed by atoms with Gasteiger partial charge in [0.25, 0.3) is 0 Å². The number of nitrogens with one attached hydrogen (secondary N) is 1. The van der Waals surface area contributed by atoms with Crippen molar-refractivity contribution in [3.8, 4) is 0 Å². The van der Waals surface area contributed by atoms with Crippen molar-refractivity contribution in [1.82, 2.24) is 0 Å². The average Bonchev–Trinajstić information content (AvgIpc) is 2.54. The average molecular weight is 360 g/mol. The molecule has 2 rings (SSSR count). The zero-order valence-corrected chi connectivity index (χ0v) is 13.5. The van der Waals surface area contributed by atoms with Gasteiger partial charge in [-0.1, -0.05) is 28.1 Å². The Balaban J connectivity index is 1.97. The Morgan fingerprint density at radius 1 is 1.05 bits per heavy atom. The molecule has 112 valence electrons. The van der Waals surface area contributed by atoms with E-state index < -0.39 is 5.97 Å². The molecule has 0 bridgehead atoms. The highest BCUT2D eigenvalue weighted by atomic mass is 79.9. The summed E-state index contributed by atoms with van der Waals surface area (Å²) in [7, 11) is 1.32. The summed E-state index contributed by atoms with van der Waals surface area (Å²) < 4.78 is 5.60. The zero-order chi connectivity index (χ0) is 15.9. The molecule has 0 aliphatic carbocycles. The van der Waals surface area contributed by atoms with Gasteiger partial charge in [0.1, 0.15) is 0 Å². The molecule has 0 heterocycles. The SMILES string of the molecule is COC(=O)c1ccc(NC(=O)/C=C/c2ccc(Br)cc2)cc1. The first-order chi connectivity index (χ1) is 10.6. The molecule has 0 saturated heterocycles. The number of ether oxygens (including phenoxy) is 1. The molecule has 2 aromatic rings. The van der Waals surface area contributed by atoms with Crippen LogP contribution in [0.15, 0.2) is 59.1 Å². The fourth-order valence-electron chi connectivity index (χ4n) is 1.74. The number of halogens is 1. The Morgan fingerprint density at radius 3 is 2.27 bits per heavy atom. The van der Waals surface area contributed by atoms with E-state index in [0.717, 1.165) is 10.0 Å². The van der Waals surface area contributed by atoms with Crippen molar-refractivity contribution in [2.24, 2.45) is 0 Å². The number of benzene rings is 2. The Bertz CT molecular complexity index is 691. The molecule has 0 atom stereocenters. The minimum absolute atomic E-state index is 0.242. The first kappa shape index (κ1) is 16.0. The van der Waals surface area contributed by atoms with E-state index in [1.165, 1.54) is 13.2 Å². The van der Waals surface area contributed by atoms with Gasteiger partial charge in [0.05, 0.1) is 12.7 Å². The fraction of sp³-hybridized carbons (Fsp3) is 0.0588. The maximum absolute atomic E-state index is 11.8. The highest BCUT2D eigenvalue weighted by Gasteiger charge is 2.05. The number of amides is 1. The molecule has 0 unspecified atom stereocenters. The van der Waals surface area contributed by atoms with Gasteiger partial charge in [-0.05, 0) is 48.0 Å². The Labute approximate surface area is 136 Å². The molecule has 0 spiro atoms. The van der Waals surface area contributed by atoms with E-state index in [4.69, 9.17) is 0 Å². The number of hydrogen-bond acceptors (Lipinski definition) is 3. The van der Waals surface area contributed by atoms with Crippen molar-refractivity contribution >= 4 is 39.6 Å². The van der Waals surface area contributed by atoms with Crippen LogP contribution in [0.4, 0.5) is 5.69 Å². The lowest BCUT2D eigenvalue weighted by atomic mass is 10.2. The molecular weight excluding hydrogens is 346 g/mol. The zero-order valence-electron chi connectivity index (χ0n) is 11.9. The van der Waals surface area contributed by atoms with Gasteiger partial charge >= 0.3 is 5.97 Å². The van der Waals surface area contributed by atoms with Gasteiger partial charge in [0.2, 0.25) is 5.91 Å². The summed E-state index contributed by atoms with van der Waals surface area (Å²) in [6, 6.07) is 14.1. The molecule has 0 fully saturated rings. The van der Waals surface area contributed by atoms with E-state index in [1.54, 1.807) is 30.3 Å². The number of carbonyl (C=O) groups is 2. The second kappa shape index (κ2) is 7.56. The van der Waals surface area contributed by atoms with E-state index in [0.29, 0.717) is 11.3 Å². The summed E-state index contributed by atoms with van der Waals surface area (Å²) in [4.78, 5) is 23.1. The Hall–Kier alpha value is -2.40. The van der Waals surface area contributed by atoms with Gasteiger partial charge in [-0.15, -0.1) is 0 Å². The predicted molar refractivity (Wildman–Crippen MR) is 89.6 cm³/mol. The molecule has 22 heavy (non-hydrogen) atoms. The molecule has 1 N–H and O–H groups in total. The van der Waals surface area contributed by atoms with Gasteiger partial charge in [-0.25, -0.2) is 4.79 Å². The van der Waals surface area contributed by atoms with Crippen molar-refractivity contribution in [2.75, 3.05) is 12.4 Å². The molecule has 4 nitrogen and oxygen atoms in total. The van der Waals surface area contributed by atoms with Crippen LogP contribution in [0.3, 0.4) is 0 Å². The van der Waals surface area contributed by atoms with E-state index in [1.807, 2.05) is 24.3 Å². The van der Waals surface area contributed by atoms with Crippen LogP contribution >= 0.6 is 15.9 Å². The second-order valence-corrected chi connectivity index (χ2v) is 5.36. The van der Waals surface area contributed by atoms with Crippen molar-refractivity contribution in [3.05, 3.63) is 70.2 Å². The summed E-state index contributed by atoms with van der Waals surface area (Å²) in [5.74, 6) is -0.651. The van der Waals surface area contributed by atoms with Crippen LogP contribution in [0.25, 0.3) is 6.08 Å². The molecule has 0 aliphatic rings. The van der Waals surface area contributed by atoms with Crippen LogP contribution in [-0.2, 0) is 9.53 Å². The molecule has 1 amide bonds. The molecule has 0 aromatic heterocycles. The summed E-state index contributed by atoms with van der Waals surface area (Å²) in [6.45, 7) is 0. The summed E-state index contributed by atoms with van der Waals surface area (Å²) >= 11 is 3.35. The number of methoxy groups -OCH3 is 1. The van der Waals surface area contributed by atoms with Gasteiger partial charge < -0.3 is 10.1 Å². The molecule has 0 aliphatic heterocycles. The number of hydrogen-bond donors (Lipinski definition) is 1. The van der Waals surface area contributed by atoms with Crippen molar-refractivity contribution < 1.29 is 14.3 Å². The van der Waals surface area contributed by atoms with Crippen molar-refractivity contribution in [3.63, 3.8) is 0 Å². The lowest BCUT2D eigenvalue weighted by molar-refractivity contribution is -0.111. The fourth-order valence-corrected chi connectivity index (χ4v) is 2.00. The quantitative estimate of drug-likeness (QED) is 0.665.